The first-order valence-corrected chi connectivity index (χ1v) is 6.96. The average molecular weight is 209 g/mol. The number of benzene rings is 1. The minimum atomic E-state index is -0.238. The molecular formula is C12H17OS+. The fourth-order valence-electron chi connectivity index (χ4n) is 1.88. The highest BCUT2D eigenvalue weighted by atomic mass is 32.2. The third-order valence-corrected chi connectivity index (χ3v) is 5.21. The van der Waals surface area contributed by atoms with Gasteiger partial charge < -0.3 is 5.11 Å². The lowest BCUT2D eigenvalue weighted by Gasteiger charge is -2.09. The molecule has 0 bridgehead atoms. The number of hydrogen-bond acceptors (Lipinski definition) is 1. The van der Waals surface area contributed by atoms with Crippen LogP contribution in [0.1, 0.15) is 24.5 Å². The van der Waals surface area contributed by atoms with Crippen LogP contribution in [-0.4, -0.2) is 22.4 Å². The summed E-state index contributed by atoms with van der Waals surface area (Å²) in [5.74, 6) is 3.65. The van der Waals surface area contributed by atoms with Gasteiger partial charge in [-0.2, -0.15) is 0 Å². The smallest absolute Gasteiger partial charge is 0.138 e. The van der Waals surface area contributed by atoms with Gasteiger partial charge in [0.25, 0.3) is 0 Å². The number of aliphatic hydroxyl groups is 1. The lowest BCUT2D eigenvalue weighted by atomic mass is 10.1. The van der Waals surface area contributed by atoms with Crippen molar-refractivity contribution in [2.24, 2.45) is 0 Å². The van der Waals surface area contributed by atoms with Gasteiger partial charge in [-0.1, -0.05) is 30.3 Å². The van der Waals surface area contributed by atoms with Gasteiger partial charge >= 0.3 is 0 Å². The van der Waals surface area contributed by atoms with E-state index in [4.69, 9.17) is 0 Å². The molecule has 1 aromatic carbocycles. The summed E-state index contributed by atoms with van der Waals surface area (Å²) in [6, 6.07) is 10.0. The van der Waals surface area contributed by atoms with E-state index in [1.165, 1.54) is 24.3 Å². The Bertz CT molecular complexity index is 267. The zero-order valence-corrected chi connectivity index (χ0v) is 9.17. The summed E-state index contributed by atoms with van der Waals surface area (Å²) in [7, 11) is 0.492. The Morgan fingerprint density at radius 2 is 1.79 bits per heavy atom. The molecule has 0 amide bonds. The molecule has 2 rings (SSSR count). The van der Waals surface area contributed by atoms with Gasteiger partial charge in [0.15, 0.2) is 0 Å². The monoisotopic (exact) mass is 209 g/mol. The highest BCUT2D eigenvalue weighted by molar-refractivity contribution is 7.97. The Kier molecular flexibility index (Phi) is 3.49. The Hall–Kier alpha value is -0.470. The third-order valence-electron chi connectivity index (χ3n) is 2.69. The van der Waals surface area contributed by atoms with Gasteiger partial charge in [-0.05, 0) is 29.3 Å². The van der Waals surface area contributed by atoms with Gasteiger partial charge in [-0.15, -0.1) is 0 Å². The fraction of sp³-hybridized carbons (Fsp3) is 0.500. The molecule has 0 spiro atoms. The molecule has 1 unspecified atom stereocenters. The van der Waals surface area contributed by atoms with Crippen LogP contribution in [0.25, 0.3) is 0 Å². The van der Waals surface area contributed by atoms with Crippen molar-refractivity contribution in [3.8, 4) is 0 Å². The molecule has 14 heavy (non-hydrogen) atoms. The highest BCUT2D eigenvalue weighted by Crippen LogP contribution is 2.21. The summed E-state index contributed by atoms with van der Waals surface area (Å²) in [5.41, 5.74) is 1.08. The number of hydrogen-bond donors (Lipinski definition) is 1. The molecule has 1 N–H and O–H groups in total. The van der Waals surface area contributed by atoms with Gasteiger partial charge in [0.1, 0.15) is 23.4 Å². The first-order chi connectivity index (χ1) is 6.86. The van der Waals surface area contributed by atoms with E-state index < -0.39 is 0 Å². The molecule has 1 saturated heterocycles. The SMILES string of the molecule is OC(C[S+]1CCCC1)c1ccccc1. The van der Waals surface area contributed by atoms with Gasteiger partial charge in [0.2, 0.25) is 0 Å². The van der Waals surface area contributed by atoms with Gasteiger partial charge in [-0.25, -0.2) is 0 Å². The lowest BCUT2D eigenvalue weighted by Crippen LogP contribution is -2.16. The van der Waals surface area contributed by atoms with Crippen LogP contribution in [0.4, 0.5) is 0 Å². The second kappa shape index (κ2) is 4.85. The molecule has 1 heterocycles. The van der Waals surface area contributed by atoms with E-state index in [2.05, 4.69) is 0 Å². The molecule has 1 fully saturated rings. The van der Waals surface area contributed by atoms with Crippen molar-refractivity contribution in [1.29, 1.82) is 0 Å². The van der Waals surface area contributed by atoms with E-state index in [1.807, 2.05) is 30.3 Å². The zero-order valence-electron chi connectivity index (χ0n) is 8.36. The molecule has 2 heteroatoms. The molecule has 1 aliphatic rings. The van der Waals surface area contributed by atoms with Crippen molar-refractivity contribution < 1.29 is 5.11 Å². The number of rotatable bonds is 3. The summed E-state index contributed by atoms with van der Waals surface area (Å²) in [5, 5.41) is 9.99. The van der Waals surface area contributed by atoms with Crippen LogP contribution in [0, 0.1) is 0 Å². The predicted molar refractivity (Wildman–Crippen MR) is 62.6 cm³/mol. The molecule has 0 aromatic heterocycles. The van der Waals surface area contributed by atoms with E-state index >= 15 is 0 Å². The Labute approximate surface area is 88.5 Å². The minimum absolute atomic E-state index is 0.238. The molecule has 1 atom stereocenters. The second-order valence-electron chi connectivity index (χ2n) is 3.82. The van der Waals surface area contributed by atoms with Crippen molar-refractivity contribution in [3.05, 3.63) is 35.9 Å². The average Bonchev–Trinajstić information content (AvgIpc) is 2.72. The van der Waals surface area contributed by atoms with Crippen LogP contribution in [0.5, 0.6) is 0 Å². The van der Waals surface area contributed by atoms with Crippen molar-refractivity contribution in [1.82, 2.24) is 0 Å². The summed E-state index contributed by atoms with van der Waals surface area (Å²) < 4.78 is 0. The molecule has 1 aromatic rings. The zero-order chi connectivity index (χ0) is 9.80. The molecule has 1 nitrogen and oxygen atoms in total. The Morgan fingerprint density at radius 1 is 1.14 bits per heavy atom. The molecule has 0 saturated carbocycles. The van der Waals surface area contributed by atoms with Crippen LogP contribution < -0.4 is 0 Å². The topological polar surface area (TPSA) is 20.2 Å². The van der Waals surface area contributed by atoms with E-state index in [-0.39, 0.29) is 6.10 Å². The van der Waals surface area contributed by atoms with Gasteiger partial charge in [0, 0.05) is 0 Å². The van der Waals surface area contributed by atoms with Crippen molar-refractivity contribution in [3.63, 3.8) is 0 Å². The van der Waals surface area contributed by atoms with Gasteiger partial charge in [-0.3, -0.25) is 0 Å². The minimum Gasteiger partial charge on any atom is -0.383 e. The Balaban J connectivity index is 1.92. The van der Waals surface area contributed by atoms with E-state index in [0.29, 0.717) is 10.9 Å². The number of aliphatic hydroxyl groups excluding tert-OH is 1. The molecule has 0 aliphatic carbocycles. The summed E-state index contributed by atoms with van der Waals surface area (Å²) in [6.07, 6.45) is 2.49. The molecule has 1 aliphatic heterocycles. The van der Waals surface area contributed by atoms with Crippen LogP contribution >= 0.6 is 0 Å². The summed E-state index contributed by atoms with van der Waals surface area (Å²) >= 11 is 0. The quantitative estimate of drug-likeness (QED) is 0.756. The normalized spacial score (nSPS) is 19.8. The van der Waals surface area contributed by atoms with Crippen LogP contribution in [0.15, 0.2) is 30.3 Å². The highest BCUT2D eigenvalue weighted by Gasteiger charge is 2.27. The maximum atomic E-state index is 9.99. The summed E-state index contributed by atoms with van der Waals surface area (Å²) in [6.45, 7) is 0. The lowest BCUT2D eigenvalue weighted by molar-refractivity contribution is 0.203. The predicted octanol–water partition coefficient (Wildman–Crippen LogP) is 2.13. The van der Waals surface area contributed by atoms with Crippen LogP contribution in [0.3, 0.4) is 0 Å². The fourth-order valence-corrected chi connectivity index (χ4v) is 4.28. The first kappa shape index (κ1) is 10.1. The largest absolute Gasteiger partial charge is 0.383 e. The van der Waals surface area contributed by atoms with Crippen LogP contribution in [-0.2, 0) is 10.9 Å². The van der Waals surface area contributed by atoms with Crippen molar-refractivity contribution >= 4 is 10.9 Å². The molecular weight excluding hydrogens is 192 g/mol. The van der Waals surface area contributed by atoms with E-state index in [1.54, 1.807) is 0 Å². The van der Waals surface area contributed by atoms with Crippen LogP contribution in [0.2, 0.25) is 0 Å². The van der Waals surface area contributed by atoms with E-state index in [9.17, 15) is 5.11 Å². The van der Waals surface area contributed by atoms with Gasteiger partial charge in [0.05, 0.1) is 0 Å². The van der Waals surface area contributed by atoms with Crippen molar-refractivity contribution in [2.75, 3.05) is 17.3 Å². The first-order valence-electron chi connectivity index (χ1n) is 5.23. The Morgan fingerprint density at radius 3 is 2.43 bits per heavy atom. The third kappa shape index (κ3) is 2.52. The van der Waals surface area contributed by atoms with Crippen molar-refractivity contribution in [2.45, 2.75) is 18.9 Å². The maximum Gasteiger partial charge on any atom is 0.138 e. The second-order valence-corrected chi connectivity index (χ2v) is 6.20. The molecule has 0 radical (unpaired) electrons. The standard InChI is InChI=1S/C12H17OS/c13-12(10-14-8-4-5-9-14)11-6-2-1-3-7-11/h1-3,6-7,12-13H,4-5,8-10H2/q+1. The summed E-state index contributed by atoms with van der Waals surface area (Å²) in [4.78, 5) is 0. The molecule has 76 valence electrons. The van der Waals surface area contributed by atoms with E-state index in [0.717, 1.165) is 11.3 Å². The maximum absolute atomic E-state index is 9.99.